The van der Waals surface area contributed by atoms with E-state index in [0.717, 1.165) is 5.75 Å². The summed E-state index contributed by atoms with van der Waals surface area (Å²) in [5.74, 6) is 0.971. The van der Waals surface area contributed by atoms with E-state index >= 15 is 0 Å². The third kappa shape index (κ3) is 21.2. The molecule has 0 spiro atoms. The van der Waals surface area contributed by atoms with Gasteiger partial charge in [0, 0.05) is 48.7 Å². The number of hydrogen-bond acceptors (Lipinski definition) is 11. The van der Waals surface area contributed by atoms with Crippen LogP contribution < -0.4 is 40.2 Å². The summed E-state index contributed by atoms with van der Waals surface area (Å²) in [5, 5.41) is 5.88. The first-order valence-corrected chi connectivity index (χ1v) is 12.2. The summed E-state index contributed by atoms with van der Waals surface area (Å²) in [6, 6.07) is 0. The molecule has 0 saturated heterocycles. The fraction of sp³-hybridized carbons (Fsp3) is 0.867. The van der Waals surface area contributed by atoms with E-state index < -0.39 is 15.9 Å². The maximum atomic E-state index is 11.0. The van der Waals surface area contributed by atoms with Crippen molar-refractivity contribution in [1.82, 2.24) is 10.6 Å². The maximum Gasteiger partial charge on any atom is 1.00 e. The van der Waals surface area contributed by atoms with Crippen molar-refractivity contribution in [3.05, 3.63) is 0 Å². The normalized spacial score (nSPS) is 12.1. The molecule has 0 amide bonds. The monoisotopic (exact) mass is 468 g/mol. The maximum absolute atomic E-state index is 11.0. The van der Waals surface area contributed by atoms with Crippen LogP contribution in [0, 0.1) is 0 Å². The average Bonchev–Trinajstić information content (AvgIpc) is 2.61. The molecule has 9 nitrogen and oxygen atoms in total. The van der Waals surface area contributed by atoms with Crippen molar-refractivity contribution in [2.24, 2.45) is 0 Å². The van der Waals surface area contributed by atoms with Gasteiger partial charge in [-0.05, 0) is 0 Å². The van der Waals surface area contributed by atoms with E-state index in [0.29, 0.717) is 44.1 Å². The molecule has 0 radical (unpaired) electrons. The van der Waals surface area contributed by atoms with Crippen LogP contribution in [0.25, 0.3) is 0 Å². The Kier molecular flexibility index (Phi) is 21.3. The molecule has 0 aliphatic carbocycles. The number of nitrogens with one attached hydrogen (secondary N) is 2. The summed E-state index contributed by atoms with van der Waals surface area (Å²) in [4.78, 5) is 21.9. The molecule has 2 N–H and O–H groups in total. The van der Waals surface area contributed by atoms with E-state index in [9.17, 15) is 22.6 Å². The number of methoxy groups -OCH3 is 2. The molecular formula is C15H29N2NaO7S3. The van der Waals surface area contributed by atoms with Crippen LogP contribution in [-0.4, -0.2) is 93.6 Å². The van der Waals surface area contributed by atoms with Crippen LogP contribution in [-0.2, 0) is 29.2 Å². The third-order valence-electron chi connectivity index (χ3n) is 3.22. The number of carbonyl (C=O) groups is 2. The fourth-order valence-electron chi connectivity index (χ4n) is 1.86. The molecule has 13 heteroatoms. The van der Waals surface area contributed by atoms with Crippen LogP contribution in [0.5, 0.6) is 0 Å². The first kappa shape index (κ1) is 30.7. The molecule has 0 aliphatic heterocycles. The summed E-state index contributed by atoms with van der Waals surface area (Å²) >= 11 is 2.99. The van der Waals surface area contributed by atoms with Crippen LogP contribution in [0.15, 0.2) is 0 Å². The van der Waals surface area contributed by atoms with E-state index in [1.165, 1.54) is 26.0 Å². The van der Waals surface area contributed by atoms with E-state index in [1.807, 2.05) is 0 Å². The second-order valence-electron chi connectivity index (χ2n) is 5.44. The predicted octanol–water partition coefficient (Wildman–Crippen LogP) is -3.32. The Morgan fingerprint density at radius 1 is 0.964 bits per heavy atom. The van der Waals surface area contributed by atoms with Gasteiger partial charge in [-0.25, -0.2) is 8.42 Å². The largest absolute Gasteiger partial charge is 1.00 e. The average molecular weight is 469 g/mol. The van der Waals surface area contributed by atoms with Crippen molar-refractivity contribution >= 4 is 45.6 Å². The minimum absolute atomic E-state index is 0. The van der Waals surface area contributed by atoms with Gasteiger partial charge in [-0.2, -0.15) is 23.5 Å². The Morgan fingerprint density at radius 2 is 1.46 bits per heavy atom. The van der Waals surface area contributed by atoms with Crippen LogP contribution in [0.3, 0.4) is 0 Å². The van der Waals surface area contributed by atoms with Gasteiger partial charge in [0.05, 0.1) is 42.9 Å². The summed E-state index contributed by atoms with van der Waals surface area (Å²) in [7, 11) is -1.61. The van der Waals surface area contributed by atoms with Gasteiger partial charge in [0.2, 0.25) is 0 Å². The van der Waals surface area contributed by atoms with Crippen LogP contribution in [0.2, 0.25) is 0 Å². The molecule has 0 heterocycles. The molecule has 0 bridgehead atoms. The minimum atomic E-state index is -4.28. The fourth-order valence-corrected chi connectivity index (χ4v) is 5.58. The van der Waals surface area contributed by atoms with E-state index in [4.69, 9.17) is 0 Å². The van der Waals surface area contributed by atoms with E-state index in [1.54, 1.807) is 11.8 Å². The minimum Gasteiger partial charge on any atom is -0.748 e. The summed E-state index contributed by atoms with van der Waals surface area (Å²) in [6.45, 7) is 2.30. The van der Waals surface area contributed by atoms with E-state index in [2.05, 4.69) is 20.1 Å². The Labute approximate surface area is 198 Å². The van der Waals surface area contributed by atoms with E-state index in [-0.39, 0.29) is 53.2 Å². The van der Waals surface area contributed by atoms with Crippen molar-refractivity contribution in [2.75, 3.05) is 63.4 Å². The standard InChI is InChI=1S/C15H30N2O7S3.Na/c1-23-14(18)3-5-16-7-9-25-11-13(12-27(20,21)22)26-10-8-17-6-4-15(19)24-2;/h13,16-17H,3-12H2,1-2H3,(H,20,21,22);/q;+1/p-1. The van der Waals surface area contributed by atoms with Crippen molar-refractivity contribution in [2.45, 2.75) is 18.1 Å². The summed E-state index contributed by atoms with van der Waals surface area (Å²) in [5.41, 5.74) is 0. The number of hydrogen-bond donors (Lipinski definition) is 2. The van der Waals surface area contributed by atoms with Crippen LogP contribution in [0.1, 0.15) is 12.8 Å². The molecule has 1 unspecified atom stereocenters. The van der Waals surface area contributed by atoms with Crippen molar-refractivity contribution in [3.63, 3.8) is 0 Å². The van der Waals surface area contributed by atoms with Crippen molar-refractivity contribution in [3.8, 4) is 0 Å². The number of carbonyl (C=O) groups excluding carboxylic acids is 2. The number of thioether (sulfide) groups is 2. The topological polar surface area (TPSA) is 134 Å². The van der Waals surface area contributed by atoms with Gasteiger partial charge < -0.3 is 24.7 Å². The predicted molar refractivity (Wildman–Crippen MR) is 107 cm³/mol. The first-order valence-electron chi connectivity index (χ1n) is 8.46. The van der Waals surface area contributed by atoms with Gasteiger partial charge in [0.15, 0.2) is 0 Å². The van der Waals surface area contributed by atoms with Gasteiger partial charge in [-0.3, -0.25) is 9.59 Å². The Balaban J connectivity index is 0. The molecular weight excluding hydrogens is 439 g/mol. The van der Waals surface area contributed by atoms with Crippen molar-refractivity contribution < 1.29 is 61.6 Å². The SMILES string of the molecule is COC(=O)CCNCCSCC(CS(=O)(=O)[O-])SCCNCCC(=O)OC.[Na+]. The quantitative estimate of drug-likeness (QED) is 0.0961. The van der Waals surface area contributed by atoms with Gasteiger partial charge in [-0.1, -0.05) is 0 Å². The van der Waals surface area contributed by atoms with Gasteiger partial charge in [0.25, 0.3) is 0 Å². The molecule has 0 fully saturated rings. The number of rotatable bonds is 17. The first-order chi connectivity index (χ1) is 12.8. The molecule has 0 aromatic heterocycles. The van der Waals surface area contributed by atoms with Crippen LogP contribution >= 0.6 is 23.5 Å². The number of esters is 2. The Bertz CT molecular complexity index is 524. The zero-order valence-electron chi connectivity index (χ0n) is 16.7. The zero-order chi connectivity index (χ0) is 20.5. The van der Waals surface area contributed by atoms with Gasteiger partial charge in [-0.15, -0.1) is 0 Å². The van der Waals surface area contributed by atoms with Gasteiger partial charge in [0.1, 0.15) is 0 Å². The zero-order valence-corrected chi connectivity index (χ0v) is 21.2. The second-order valence-corrected chi connectivity index (χ2v) is 9.45. The Morgan fingerprint density at radius 3 is 1.93 bits per heavy atom. The molecule has 0 aliphatic rings. The third-order valence-corrected chi connectivity index (χ3v) is 6.82. The summed E-state index contributed by atoms with van der Waals surface area (Å²) in [6.07, 6.45) is 0.579. The molecule has 28 heavy (non-hydrogen) atoms. The van der Waals surface area contributed by atoms with Gasteiger partial charge >= 0.3 is 41.5 Å². The van der Waals surface area contributed by atoms with Crippen molar-refractivity contribution in [1.29, 1.82) is 0 Å². The smallest absolute Gasteiger partial charge is 0.748 e. The molecule has 1 atom stereocenters. The molecule has 0 saturated carbocycles. The second kappa shape index (κ2) is 19.4. The molecule has 160 valence electrons. The summed E-state index contributed by atoms with van der Waals surface area (Å²) < 4.78 is 42.2. The Hall–Kier alpha value is 0.470. The van der Waals surface area contributed by atoms with Crippen LogP contribution in [0.4, 0.5) is 0 Å². The number of ether oxygens (including phenoxy) is 2. The molecule has 0 rings (SSSR count). The molecule has 0 aromatic carbocycles. The molecule has 0 aromatic rings.